The van der Waals surface area contributed by atoms with E-state index >= 15 is 0 Å². The van der Waals surface area contributed by atoms with Crippen LogP contribution in [0, 0.1) is 5.92 Å². The standard InChI is InChI=1S/C15H20N2O3/c1-11(18)13-4-3-7-17(9-13)10-14-6-5-12(8-16-14)15(19)20-2/h5-6,8,13H,3-4,7,9-10H2,1-2H3. The average Bonchev–Trinajstić information content (AvgIpc) is 2.47. The zero-order valence-electron chi connectivity index (χ0n) is 12.0. The van der Waals surface area contributed by atoms with Gasteiger partial charge >= 0.3 is 5.97 Å². The molecule has 2 heterocycles. The van der Waals surface area contributed by atoms with Gasteiger partial charge in [0.1, 0.15) is 5.78 Å². The molecule has 1 aliphatic rings. The third-order valence-corrected chi connectivity index (χ3v) is 3.71. The molecule has 1 unspecified atom stereocenters. The van der Waals surface area contributed by atoms with Crippen LogP contribution in [-0.2, 0) is 16.1 Å². The molecule has 5 heteroatoms. The van der Waals surface area contributed by atoms with Crippen LogP contribution in [0.1, 0.15) is 35.8 Å². The monoisotopic (exact) mass is 276 g/mol. The van der Waals surface area contributed by atoms with E-state index in [9.17, 15) is 9.59 Å². The molecule has 0 radical (unpaired) electrons. The predicted molar refractivity (Wildman–Crippen MR) is 74.3 cm³/mol. The molecular weight excluding hydrogens is 256 g/mol. The molecule has 1 fully saturated rings. The van der Waals surface area contributed by atoms with E-state index in [0.717, 1.165) is 31.6 Å². The summed E-state index contributed by atoms with van der Waals surface area (Å²) in [4.78, 5) is 29.3. The summed E-state index contributed by atoms with van der Waals surface area (Å²) in [7, 11) is 1.35. The summed E-state index contributed by atoms with van der Waals surface area (Å²) in [5, 5.41) is 0. The normalized spacial score (nSPS) is 19.6. The lowest BCUT2D eigenvalue weighted by Gasteiger charge is -2.31. The van der Waals surface area contributed by atoms with E-state index in [-0.39, 0.29) is 17.7 Å². The topological polar surface area (TPSA) is 59.5 Å². The van der Waals surface area contributed by atoms with Crippen molar-refractivity contribution in [2.45, 2.75) is 26.3 Å². The summed E-state index contributed by atoms with van der Waals surface area (Å²) in [5.41, 5.74) is 1.36. The van der Waals surface area contributed by atoms with Gasteiger partial charge in [-0.25, -0.2) is 4.79 Å². The Morgan fingerprint density at radius 3 is 2.85 bits per heavy atom. The molecule has 0 amide bonds. The molecule has 0 saturated carbocycles. The number of pyridine rings is 1. The maximum atomic E-state index is 11.5. The van der Waals surface area contributed by atoms with Crippen LogP contribution in [0.5, 0.6) is 0 Å². The van der Waals surface area contributed by atoms with Crippen LogP contribution in [-0.4, -0.2) is 41.8 Å². The molecule has 0 N–H and O–H groups in total. The van der Waals surface area contributed by atoms with Crippen LogP contribution in [0.4, 0.5) is 0 Å². The summed E-state index contributed by atoms with van der Waals surface area (Å²) >= 11 is 0. The largest absolute Gasteiger partial charge is 0.465 e. The van der Waals surface area contributed by atoms with E-state index < -0.39 is 0 Å². The van der Waals surface area contributed by atoms with Gasteiger partial charge in [-0.2, -0.15) is 0 Å². The molecule has 2 rings (SSSR count). The van der Waals surface area contributed by atoms with E-state index in [0.29, 0.717) is 12.1 Å². The number of ether oxygens (including phenoxy) is 1. The van der Waals surface area contributed by atoms with Crippen molar-refractivity contribution in [1.29, 1.82) is 0 Å². The molecular formula is C15H20N2O3. The number of ketones is 1. The van der Waals surface area contributed by atoms with E-state index in [1.54, 1.807) is 13.0 Å². The van der Waals surface area contributed by atoms with Crippen molar-refractivity contribution in [2.75, 3.05) is 20.2 Å². The fourth-order valence-corrected chi connectivity index (χ4v) is 2.52. The molecule has 1 saturated heterocycles. The first-order valence-corrected chi connectivity index (χ1v) is 6.86. The van der Waals surface area contributed by atoms with Crippen molar-refractivity contribution in [3.8, 4) is 0 Å². The third-order valence-electron chi connectivity index (χ3n) is 3.71. The minimum Gasteiger partial charge on any atom is -0.465 e. The van der Waals surface area contributed by atoms with Gasteiger partial charge < -0.3 is 4.74 Å². The van der Waals surface area contributed by atoms with Crippen molar-refractivity contribution in [2.24, 2.45) is 5.92 Å². The lowest BCUT2D eigenvalue weighted by Crippen LogP contribution is -2.37. The molecule has 1 aromatic rings. The van der Waals surface area contributed by atoms with Crippen molar-refractivity contribution in [3.63, 3.8) is 0 Å². The number of aromatic nitrogens is 1. The lowest BCUT2D eigenvalue weighted by molar-refractivity contribution is -0.122. The van der Waals surface area contributed by atoms with Gasteiger partial charge in [-0.05, 0) is 38.4 Å². The van der Waals surface area contributed by atoms with Crippen molar-refractivity contribution < 1.29 is 14.3 Å². The highest BCUT2D eigenvalue weighted by Crippen LogP contribution is 2.18. The molecule has 0 spiro atoms. The number of Topliss-reactive ketones (excluding diaryl/α,β-unsaturated/α-hetero) is 1. The van der Waals surface area contributed by atoms with E-state index in [4.69, 9.17) is 0 Å². The number of rotatable bonds is 4. The molecule has 1 atom stereocenters. The fraction of sp³-hybridized carbons (Fsp3) is 0.533. The van der Waals surface area contributed by atoms with Gasteiger partial charge in [-0.3, -0.25) is 14.7 Å². The highest BCUT2D eigenvalue weighted by atomic mass is 16.5. The lowest BCUT2D eigenvalue weighted by atomic mass is 9.94. The van der Waals surface area contributed by atoms with Crippen LogP contribution in [0.25, 0.3) is 0 Å². The number of hydrogen-bond acceptors (Lipinski definition) is 5. The van der Waals surface area contributed by atoms with Gasteiger partial charge in [-0.1, -0.05) is 0 Å². The summed E-state index contributed by atoms with van der Waals surface area (Å²) in [6, 6.07) is 3.56. The zero-order chi connectivity index (χ0) is 14.5. The maximum absolute atomic E-state index is 11.5. The van der Waals surface area contributed by atoms with Gasteiger partial charge in [0.25, 0.3) is 0 Å². The number of hydrogen-bond donors (Lipinski definition) is 0. The van der Waals surface area contributed by atoms with Crippen LogP contribution in [0.15, 0.2) is 18.3 Å². The number of carbonyl (C=O) groups is 2. The Labute approximate surface area is 118 Å². The summed E-state index contributed by atoms with van der Waals surface area (Å²) in [6.07, 6.45) is 3.57. The average molecular weight is 276 g/mol. The highest BCUT2D eigenvalue weighted by molar-refractivity contribution is 5.88. The molecule has 20 heavy (non-hydrogen) atoms. The summed E-state index contributed by atoms with van der Waals surface area (Å²) in [5.74, 6) is 0.0421. The second-order valence-corrected chi connectivity index (χ2v) is 5.21. The molecule has 1 aliphatic heterocycles. The van der Waals surface area contributed by atoms with Gasteiger partial charge in [-0.15, -0.1) is 0 Å². The minimum atomic E-state index is -0.376. The van der Waals surface area contributed by atoms with E-state index in [1.165, 1.54) is 13.3 Å². The van der Waals surface area contributed by atoms with Gasteiger partial charge in [0.2, 0.25) is 0 Å². The number of nitrogens with zero attached hydrogens (tertiary/aromatic N) is 2. The SMILES string of the molecule is COC(=O)c1ccc(CN2CCCC(C(C)=O)C2)nc1. The smallest absolute Gasteiger partial charge is 0.339 e. The summed E-state index contributed by atoms with van der Waals surface area (Å²) < 4.78 is 4.64. The van der Waals surface area contributed by atoms with Gasteiger partial charge in [0.05, 0.1) is 18.4 Å². The van der Waals surface area contributed by atoms with Crippen molar-refractivity contribution in [3.05, 3.63) is 29.6 Å². The Balaban J connectivity index is 1.96. The number of carbonyl (C=O) groups excluding carboxylic acids is 2. The summed E-state index contributed by atoms with van der Waals surface area (Å²) in [6.45, 7) is 4.17. The first-order valence-electron chi connectivity index (χ1n) is 6.86. The molecule has 108 valence electrons. The Morgan fingerprint density at radius 1 is 1.45 bits per heavy atom. The second-order valence-electron chi connectivity index (χ2n) is 5.21. The first kappa shape index (κ1) is 14.7. The Kier molecular flexibility index (Phi) is 4.84. The Hall–Kier alpha value is -1.75. The minimum absolute atomic E-state index is 0.151. The molecule has 5 nitrogen and oxygen atoms in total. The fourth-order valence-electron chi connectivity index (χ4n) is 2.52. The van der Waals surface area contributed by atoms with E-state index in [1.807, 2.05) is 6.07 Å². The first-order chi connectivity index (χ1) is 9.60. The third kappa shape index (κ3) is 3.63. The van der Waals surface area contributed by atoms with Crippen LogP contribution < -0.4 is 0 Å². The quantitative estimate of drug-likeness (QED) is 0.783. The number of piperidine rings is 1. The van der Waals surface area contributed by atoms with Crippen molar-refractivity contribution in [1.82, 2.24) is 9.88 Å². The number of likely N-dealkylation sites (tertiary alicyclic amines) is 1. The number of methoxy groups -OCH3 is 1. The second kappa shape index (κ2) is 6.61. The molecule has 1 aromatic heterocycles. The van der Waals surface area contributed by atoms with Gasteiger partial charge in [0, 0.05) is 25.2 Å². The highest BCUT2D eigenvalue weighted by Gasteiger charge is 2.23. The van der Waals surface area contributed by atoms with Gasteiger partial charge in [0.15, 0.2) is 0 Å². The van der Waals surface area contributed by atoms with Crippen LogP contribution in [0.2, 0.25) is 0 Å². The Morgan fingerprint density at radius 2 is 2.25 bits per heavy atom. The molecule has 0 aromatic carbocycles. The maximum Gasteiger partial charge on any atom is 0.339 e. The van der Waals surface area contributed by atoms with Crippen LogP contribution >= 0.6 is 0 Å². The molecule has 0 aliphatic carbocycles. The van der Waals surface area contributed by atoms with Crippen LogP contribution in [0.3, 0.4) is 0 Å². The van der Waals surface area contributed by atoms with Crippen molar-refractivity contribution >= 4 is 11.8 Å². The van der Waals surface area contributed by atoms with E-state index in [2.05, 4.69) is 14.6 Å². The molecule has 0 bridgehead atoms. The zero-order valence-corrected chi connectivity index (χ0v) is 12.0. The Bertz CT molecular complexity index is 484. The predicted octanol–water partition coefficient (Wildman–Crippen LogP) is 1.67. The number of esters is 1.